The number of aromatic nitrogens is 1. The van der Waals surface area contributed by atoms with Crippen LogP contribution in [0.2, 0.25) is 0 Å². The molecule has 0 spiro atoms. The number of hydrogen-bond donors (Lipinski definition) is 0. The summed E-state index contributed by atoms with van der Waals surface area (Å²) in [6.45, 7) is 2.62. The van der Waals surface area contributed by atoms with E-state index in [0.29, 0.717) is 25.0 Å². The fourth-order valence-electron chi connectivity index (χ4n) is 3.95. The van der Waals surface area contributed by atoms with Gasteiger partial charge in [-0.3, -0.25) is 14.7 Å². The average Bonchev–Trinajstić information content (AvgIpc) is 3.22. The molecule has 5 nitrogen and oxygen atoms in total. The Morgan fingerprint density at radius 1 is 1.17 bits per heavy atom. The molecule has 2 aromatic heterocycles. The third kappa shape index (κ3) is 2.88. The van der Waals surface area contributed by atoms with Gasteiger partial charge >= 0.3 is 0 Å². The first kappa shape index (κ1) is 14.5. The normalized spacial score (nSPS) is 24.9. The fraction of sp³-hybridized carbons (Fsp3) is 0.444. The van der Waals surface area contributed by atoms with Gasteiger partial charge in [-0.2, -0.15) is 0 Å². The third-order valence-corrected chi connectivity index (χ3v) is 5.04. The van der Waals surface area contributed by atoms with Gasteiger partial charge in [0, 0.05) is 56.1 Å². The summed E-state index contributed by atoms with van der Waals surface area (Å²) in [6.07, 6.45) is 9.82. The Bertz CT molecular complexity index is 656. The van der Waals surface area contributed by atoms with Gasteiger partial charge in [-0.05, 0) is 30.5 Å². The maximum absolute atomic E-state index is 12.4. The average molecular weight is 311 g/mol. The van der Waals surface area contributed by atoms with E-state index in [1.165, 1.54) is 5.56 Å². The minimum Gasteiger partial charge on any atom is -0.472 e. The highest BCUT2D eigenvalue weighted by Crippen LogP contribution is 2.33. The van der Waals surface area contributed by atoms with E-state index in [4.69, 9.17) is 4.42 Å². The summed E-state index contributed by atoms with van der Waals surface area (Å²) in [5.41, 5.74) is 2.32. The van der Waals surface area contributed by atoms with Crippen molar-refractivity contribution in [2.24, 2.45) is 0 Å². The topological polar surface area (TPSA) is 49.6 Å². The first-order valence-electron chi connectivity index (χ1n) is 8.25. The summed E-state index contributed by atoms with van der Waals surface area (Å²) >= 11 is 0. The van der Waals surface area contributed by atoms with E-state index in [0.717, 1.165) is 31.5 Å². The molecule has 0 radical (unpaired) electrons. The third-order valence-electron chi connectivity index (χ3n) is 5.04. The van der Waals surface area contributed by atoms with Crippen LogP contribution in [0, 0.1) is 0 Å². The number of carbonyl (C=O) groups excluding carboxylic acids is 1. The van der Waals surface area contributed by atoms with E-state index >= 15 is 0 Å². The van der Waals surface area contributed by atoms with Crippen molar-refractivity contribution in [1.82, 2.24) is 14.8 Å². The maximum atomic E-state index is 12.4. The van der Waals surface area contributed by atoms with Crippen LogP contribution in [0.25, 0.3) is 0 Å². The van der Waals surface area contributed by atoms with Crippen LogP contribution < -0.4 is 0 Å². The number of hydrogen-bond acceptors (Lipinski definition) is 4. The summed E-state index contributed by atoms with van der Waals surface area (Å²) in [4.78, 5) is 21.2. The molecule has 2 aliphatic rings. The van der Waals surface area contributed by atoms with Crippen molar-refractivity contribution in [3.8, 4) is 0 Å². The number of piperidine rings is 1. The van der Waals surface area contributed by atoms with Gasteiger partial charge in [-0.1, -0.05) is 6.07 Å². The molecule has 2 aliphatic heterocycles. The molecule has 1 amide bonds. The molecular formula is C18H21N3O2. The Morgan fingerprint density at radius 2 is 2.13 bits per heavy atom. The number of amides is 1. The van der Waals surface area contributed by atoms with E-state index in [2.05, 4.69) is 14.8 Å². The molecule has 23 heavy (non-hydrogen) atoms. The highest BCUT2D eigenvalue weighted by Gasteiger charge is 2.42. The molecule has 2 atom stereocenters. The van der Waals surface area contributed by atoms with Crippen molar-refractivity contribution in [3.63, 3.8) is 0 Å². The van der Waals surface area contributed by atoms with Gasteiger partial charge in [0.05, 0.1) is 12.5 Å². The van der Waals surface area contributed by atoms with Crippen LogP contribution in [0.1, 0.15) is 30.4 Å². The van der Waals surface area contributed by atoms with Crippen molar-refractivity contribution >= 4 is 5.91 Å². The second-order valence-corrected chi connectivity index (χ2v) is 6.45. The summed E-state index contributed by atoms with van der Waals surface area (Å²) in [6, 6.07) is 6.78. The van der Waals surface area contributed by atoms with Crippen molar-refractivity contribution in [3.05, 3.63) is 54.2 Å². The lowest BCUT2D eigenvalue weighted by Crippen LogP contribution is -2.51. The molecule has 5 heteroatoms. The molecule has 120 valence electrons. The van der Waals surface area contributed by atoms with Crippen molar-refractivity contribution in [2.75, 3.05) is 6.54 Å². The van der Waals surface area contributed by atoms with E-state index in [9.17, 15) is 4.79 Å². The smallest absolute Gasteiger partial charge is 0.223 e. The number of rotatable bonds is 4. The molecule has 2 fully saturated rings. The van der Waals surface area contributed by atoms with E-state index in [1.54, 1.807) is 12.5 Å². The van der Waals surface area contributed by atoms with Gasteiger partial charge in [0.1, 0.15) is 0 Å². The SMILES string of the molecule is O=C1CC[C@@H]2[C@@H](CCN2Cc2ccoc2)N1Cc1cccnc1. The van der Waals surface area contributed by atoms with Gasteiger partial charge < -0.3 is 9.32 Å². The van der Waals surface area contributed by atoms with Crippen molar-refractivity contribution < 1.29 is 9.21 Å². The molecule has 0 N–H and O–H groups in total. The largest absolute Gasteiger partial charge is 0.472 e. The van der Waals surface area contributed by atoms with Crippen molar-refractivity contribution in [2.45, 2.75) is 44.4 Å². The van der Waals surface area contributed by atoms with Gasteiger partial charge in [-0.25, -0.2) is 0 Å². The molecule has 0 bridgehead atoms. The van der Waals surface area contributed by atoms with Gasteiger partial charge in [-0.15, -0.1) is 0 Å². The van der Waals surface area contributed by atoms with Crippen molar-refractivity contribution in [1.29, 1.82) is 0 Å². The Balaban J connectivity index is 1.49. The van der Waals surface area contributed by atoms with Crippen LogP contribution in [-0.4, -0.2) is 39.3 Å². The molecular weight excluding hydrogens is 290 g/mol. The lowest BCUT2D eigenvalue weighted by atomic mass is 9.95. The van der Waals surface area contributed by atoms with Crippen LogP contribution in [0.3, 0.4) is 0 Å². The van der Waals surface area contributed by atoms with E-state index in [1.807, 2.05) is 30.7 Å². The monoisotopic (exact) mass is 311 g/mol. The molecule has 2 aromatic rings. The Labute approximate surface area is 135 Å². The summed E-state index contributed by atoms with van der Waals surface area (Å²) in [5.74, 6) is 0.278. The Hall–Kier alpha value is -2.14. The van der Waals surface area contributed by atoms with Gasteiger partial charge in [0.2, 0.25) is 5.91 Å². The zero-order valence-corrected chi connectivity index (χ0v) is 13.1. The highest BCUT2D eigenvalue weighted by atomic mass is 16.3. The number of fused-ring (bicyclic) bond motifs is 1. The molecule has 0 unspecified atom stereocenters. The minimum atomic E-state index is 0.278. The number of likely N-dealkylation sites (tertiary alicyclic amines) is 2. The molecule has 2 saturated heterocycles. The standard InChI is InChI=1S/C18H21N3O2/c22-18-4-3-16-17(21(18)12-14-2-1-7-19-10-14)5-8-20(16)11-15-6-9-23-13-15/h1-2,6-7,9-10,13,16-17H,3-5,8,11-12H2/t16-,17-/m1/s1. The zero-order valence-electron chi connectivity index (χ0n) is 13.1. The maximum Gasteiger partial charge on any atom is 0.223 e. The Kier molecular flexibility index (Phi) is 3.87. The highest BCUT2D eigenvalue weighted by molar-refractivity contribution is 5.77. The molecule has 4 heterocycles. The van der Waals surface area contributed by atoms with Crippen LogP contribution >= 0.6 is 0 Å². The summed E-state index contributed by atoms with van der Waals surface area (Å²) < 4.78 is 5.18. The lowest BCUT2D eigenvalue weighted by Gasteiger charge is -2.39. The van der Waals surface area contributed by atoms with Crippen LogP contribution in [0.4, 0.5) is 0 Å². The lowest BCUT2D eigenvalue weighted by molar-refractivity contribution is -0.138. The molecule has 0 aromatic carbocycles. The number of nitrogens with zero attached hydrogens (tertiary/aromatic N) is 3. The van der Waals surface area contributed by atoms with E-state index in [-0.39, 0.29) is 5.91 Å². The molecule has 0 saturated carbocycles. The predicted octanol–water partition coefficient (Wildman–Crippen LogP) is 2.44. The quantitative estimate of drug-likeness (QED) is 0.870. The van der Waals surface area contributed by atoms with Crippen LogP contribution in [0.15, 0.2) is 47.5 Å². The van der Waals surface area contributed by atoms with Crippen LogP contribution in [-0.2, 0) is 17.9 Å². The first-order valence-corrected chi connectivity index (χ1v) is 8.25. The van der Waals surface area contributed by atoms with Gasteiger partial charge in [0.25, 0.3) is 0 Å². The number of pyridine rings is 1. The van der Waals surface area contributed by atoms with E-state index < -0.39 is 0 Å². The Morgan fingerprint density at radius 3 is 2.91 bits per heavy atom. The predicted molar refractivity (Wildman–Crippen MR) is 85.3 cm³/mol. The molecule has 0 aliphatic carbocycles. The summed E-state index contributed by atoms with van der Waals surface area (Å²) in [7, 11) is 0. The first-order chi connectivity index (χ1) is 11.3. The zero-order chi connectivity index (χ0) is 15.6. The summed E-state index contributed by atoms with van der Waals surface area (Å²) in [5, 5.41) is 0. The number of furan rings is 1. The minimum absolute atomic E-state index is 0.278. The van der Waals surface area contributed by atoms with Gasteiger partial charge in [0.15, 0.2) is 0 Å². The molecule has 4 rings (SSSR count). The second kappa shape index (κ2) is 6.16. The second-order valence-electron chi connectivity index (χ2n) is 6.45. The number of carbonyl (C=O) groups is 1. The van der Waals surface area contributed by atoms with Crippen LogP contribution in [0.5, 0.6) is 0 Å². The fourth-order valence-corrected chi connectivity index (χ4v) is 3.95.